The number of H-pyrrole nitrogens is 1. The van der Waals surface area contributed by atoms with Crippen LogP contribution in [0, 0.1) is 5.82 Å². The Morgan fingerprint density at radius 3 is 2.37 bits per heavy atom. The lowest BCUT2D eigenvalue weighted by Gasteiger charge is -2.21. The fourth-order valence-corrected chi connectivity index (χ4v) is 3.30. The van der Waals surface area contributed by atoms with E-state index in [1.165, 1.54) is 31.2 Å². The Bertz CT molecular complexity index is 1060. The van der Waals surface area contributed by atoms with E-state index >= 15 is 0 Å². The van der Waals surface area contributed by atoms with Gasteiger partial charge in [-0.15, -0.1) is 0 Å². The molecular weight excluding hydrogens is 389 g/mol. The average Bonchev–Trinajstić information content (AvgIpc) is 3.11. The highest BCUT2D eigenvalue weighted by atomic mass is 19.1. The summed E-state index contributed by atoms with van der Waals surface area (Å²) >= 11 is 0. The maximum Gasteiger partial charge on any atom is 0.326 e. The lowest BCUT2D eigenvalue weighted by molar-refractivity contribution is -0.142. The highest BCUT2D eigenvalue weighted by Crippen LogP contribution is 2.19. The molecule has 0 bridgehead atoms. The lowest BCUT2D eigenvalue weighted by Crippen LogP contribution is -2.52. The summed E-state index contributed by atoms with van der Waals surface area (Å²) in [5.41, 5.74) is 2.26. The minimum Gasteiger partial charge on any atom is -0.480 e. The van der Waals surface area contributed by atoms with Gasteiger partial charge in [-0.25, -0.2) is 9.18 Å². The molecule has 0 aliphatic carbocycles. The monoisotopic (exact) mass is 411 g/mol. The van der Waals surface area contributed by atoms with Gasteiger partial charge in [-0.1, -0.05) is 30.3 Å². The molecule has 4 N–H and O–H groups in total. The number of carboxylic acid groups (broad SMARTS) is 1. The minimum atomic E-state index is -1.18. The van der Waals surface area contributed by atoms with Crippen LogP contribution < -0.4 is 10.6 Å². The molecule has 0 saturated carbocycles. The highest BCUT2D eigenvalue weighted by molar-refractivity contribution is 5.91. The predicted octanol–water partition coefficient (Wildman–Crippen LogP) is 2.17. The number of halogens is 1. The number of amides is 2. The van der Waals surface area contributed by atoms with Crippen LogP contribution in [0.25, 0.3) is 10.9 Å². The van der Waals surface area contributed by atoms with Gasteiger partial charge in [0.1, 0.15) is 17.9 Å². The topological polar surface area (TPSA) is 111 Å². The van der Waals surface area contributed by atoms with E-state index in [0.717, 1.165) is 16.5 Å². The second-order valence-electron chi connectivity index (χ2n) is 7.05. The first-order valence-electron chi connectivity index (χ1n) is 9.43. The van der Waals surface area contributed by atoms with Crippen LogP contribution in [0.5, 0.6) is 0 Å². The van der Waals surface area contributed by atoms with Crippen molar-refractivity contribution in [2.45, 2.75) is 31.8 Å². The third kappa shape index (κ3) is 5.22. The molecular formula is C22H22FN3O4. The van der Waals surface area contributed by atoms with Crippen LogP contribution in [0.3, 0.4) is 0 Å². The van der Waals surface area contributed by atoms with Gasteiger partial charge in [0.05, 0.1) is 0 Å². The summed E-state index contributed by atoms with van der Waals surface area (Å²) in [4.78, 5) is 39.2. The number of aliphatic carboxylic acids is 1. The van der Waals surface area contributed by atoms with E-state index in [1.54, 1.807) is 6.20 Å². The quantitative estimate of drug-likeness (QED) is 0.455. The fraction of sp³-hybridized carbons (Fsp3) is 0.227. The first-order chi connectivity index (χ1) is 14.3. The SMILES string of the molecule is CC(=O)N[C@@H](Cc1ccc(F)cc1)C(=O)N[C@H](Cc1c[nH]c2ccccc12)C(=O)O. The number of hydrogen-bond donors (Lipinski definition) is 4. The number of para-hydroxylation sites is 1. The zero-order chi connectivity index (χ0) is 21.7. The van der Waals surface area contributed by atoms with Crippen molar-refractivity contribution in [2.24, 2.45) is 0 Å². The van der Waals surface area contributed by atoms with E-state index in [-0.39, 0.29) is 12.8 Å². The first-order valence-corrected chi connectivity index (χ1v) is 9.43. The Morgan fingerprint density at radius 2 is 1.70 bits per heavy atom. The Labute approximate surface area is 172 Å². The standard InChI is InChI=1S/C22H22FN3O4/c1-13(27)25-19(10-14-6-8-16(23)9-7-14)21(28)26-20(22(29)30)11-15-12-24-18-5-3-2-4-17(15)18/h2-9,12,19-20,24H,10-11H2,1H3,(H,25,27)(H,26,28)(H,29,30)/t19-,20+/m0/s1. The van der Waals surface area contributed by atoms with Crippen LogP contribution >= 0.6 is 0 Å². The molecule has 0 unspecified atom stereocenters. The molecule has 30 heavy (non-hydrogen) atoms. The van der Waals surface area contributed by atoms with Gasteiger partial charge >= 0.3 is 5.97 Å². The summed E-state index contributed by atoms with van der Waals surface area (Å²) in [7, 11) is 0. The second kappa shape index (κ2) is 9.21. The average molecular weight is 411 g/mol. The summed E-state index contributed by atoms with van der Waals surface area (Å²) in [6.07, 6.45) is 1.90. The van der Waals surface area contributed by atoms with Crippen molar-refractivity contribution >= 4 is 28.7 Å². The molecule has 0 aliphatic rings. The number of fused-ring (bicyclic) bond motifs is 1. The van der Waals surface area contributed by atoms with Crippen molar-refractivity contribution in [3.63, 3.8) is 0 Å². The van der Waals surface area contributed by atoms with Crippen molar-refractivity contribution in [2.75, 3.05) is 0 Å². The van der Waals surface area contributed by atoms with Crippen molar-refractivity contribution in [3.05, 3.63) is 71.7 Å². The fourth-order valence-electron chi connectivity index (χ4n) is 3.30. The number of hydrogen-bond acceptors (Lipinski definition) is 3. The number of carboxylic acids is 1. The van der Waals surface area contributed by atoms with Crippen LogP contribution in [0.4, 0.5) is 4.39 Å². The molecule has 0 radical (unpaired) electrons. The van der Waals surface area contributed by atoms with Crippen molar-refractivity contribution in [1.82, 2.24) is 15.6 Å². The molecule has 0 fully saturated rings. The van der Waals surface area contributed by atoms with Crippen LogP contribution in [0.1, 0.15) is 18.1 Å². The third-order valence-electron chi connectivity index (χ3n) is 4.76. The van der Waals surface area contributed by atoms with Gasteiger partial charge in [-0.2, -0.15) is 0 Å². The van der Waals surface area contributed by atoms with Crippen molar-refractivity contribution < 1.29 is 23.9 Å². The summed E-state index contributed by atoms with van der Waals surface area (Å²) in [6.45, 7) is 1.27. The zero-order valence-electron chi connectivity index (χ0n) is 16.3. The van der Waals surface area contributed by atoms with E-state index in [9.17, 15) is 23.9 Å². The molecule has 3 rings (SSSR count). The van der Waals surface area contributed by atoms with E-state index in [2.05, 4.69) is 15.6 Å². The van der Waals surface area contributed by atoms with E-state index in [4.69, 9.17) is 0 Å². The number of carbonyl (C=O) groups excluding carboxylic acids is 2. The number of nitrogens with one attached hydrogen (secondary N) is 3. The molecule has 8 heteroatoms. The molecule has 1 heterocycles. The molecule has 7 nitrogen and oxygen atoms in total. The van der Waals surface area contributed by atoms with Gasteiger partial charge < -0.3 is 20.7 Å². The van der Waals surface area contributed by atoms with Crippen LogP contribution in [0.2, 0.25) is 0 Å². The number of carbonyl (C=O) groups is 3. The Balaban J connectivity index is 1.75. The predicted molar refractivity (Wildman–Crippen MR) is 109 cm³/mol. The minimum absolute atomic E-state index is 0.0778. The van der Waals surface area contributed by atoms with Crippen molar-refractivity contribution in [1.29, 1.82) is 0 Å². The smallest absolute Gasteiger partial charge is 0.326 e. The zero-order valence-corrected chi connectivity index (χ0v) is 16.3. The second-order valence-corrected chi connectivity index (χ2v) is 7.05. The summed E-state index contributed by atoms with van der Waals surface area (Å²) < 4.78 is 13.1. The molecule has 0 aliphatic heterocycles. The number of aromatic amines is 1. The Kier molecular flexibility index (Phi) is 6.46. The molecule has 0 spiro atoms. The first kappa shape index (κ1) is 21.0. The van der Waals surface area contributed by atoms with Gasteiger partial charge in [0, 0.05) is 36.9 Å². The van der Waals surface area contributed by atoms with Gasteiger partial charge in [-0.3, -0.25) is 9.59 Å². The Hall–Kier alpha value is -3.68. The van der Waals surface area contributed by atoms with Gasteiger partial charge in [0.2, 0.25) is 11.8 Å². The van der Waals surface area contributed by atoms with Gasteiger partial charge in [0.15, 0.2) is 0 Å². The number of benzene rings is 2. The van der Waals surface area contributed by atoms with Crippen LogP contribution in [0.15, 0.2) is 54.7 Å². The molecule has 2 amide bonds. The lowest BCUT2D eigenvalue weighted by atomic mass is 10.0. The van der Waals surface area contributed by atoms with E-state index < -0.39 is 35.7 Å². The number of rotatable bonds is 8. The molecule has 2 aromatic carbocycles. The molecule has 0 saturated heterocycles. The van der Waals surface area contributed by atoms with E-state index in [1.807, 2.05) is 24.3 Å². The normalized spacial score (nSPS) is 12.9. The van der Waals surface area contributed by atoms with Crippen LogP contribution in [-0.4, -0.2) is 40.0 Å². The van der Waals surface area contributed by atoms with Gasteiger partial charge in [-0.05, 0) is 29.3 Å². The molecule has 2 atom stereocenters. The largest absolute Gasteiger partial charge is 0.480 e. The molecule has 1 aromatic heterocycles. The van der Waals surface area contributed by atoms with Crippen LogP contribution in [-0.2, 0) is 27.2 Å². The summed E-state index contributed by atoms with van der Waals surface area (Å²) in [5.74, 6) is -2.65. The van der Waals surface area contributed by atoms with E-state index in [0.29, 0.717) is 5.56 Å². The molecule has 3 aromatic rings. The van der Waals surface area contributed by atoms with Crippen molar-refractivity contribution in [3.8, 4) is 0 Å². The highest BCUT2D eigenvalue weighted by Gasteiger charge is 2.27. The Morgan fingerprint density at radius 1 is 1.00 bits per heavy atom. The molecule has 156 valence electrons. The third-order valence-corrected chi connectivity index (χ3v) is 4.76. The van der Waals surface area contributed by atoms with Gasteiger partial charge in [0.25, 0.3) is 0 Å². The maximum atomic E-state index is 13.1. The number of aromatic nitrogens is 1. The maximum absolute atomic E-state index is 13.1. The summed E-state index contributed by atoms with van der Waals surface area (Å²) in [5, 5.41) is 15.5. The summed E-state index contributed by atoms with van der Waals surface area (Å²) in [6, 6.07) is 10.8.